The van der Waals surface area contributed by atoms with Gasteiger partial charge in [0.2, 0.25) is 5.43 Å². The predicted molar refractivity (Wildman–Crippen MR) is 126 cm³/mol. The van der Waals surface area contributed by atoms with E-state index in [9.17, 15) is 9.90 Å². The lowest BCUT2D eigenvalue weighted by Gasteiger charge is -2.40. The Labute approximate surface area is 188 Å². The van der Waals surface area contributed by atoms with Gasteiger partial charge in [0.1, 0.15) is 23.3 Å². The number of phenols is 1. The number of aromatic hydroxyl groups is 1. The normalized spacial score (nSPS) is 24.7. The van der Waals surface area contributed by atoms with E-state index in [2.05, 4.69) is 25.7 Å². The standard InChI is InChI=1S/C27H31NO4/c1-26(2)11-18-12-27(3,15-26)16-28(18)13-21-23(29)10-9-20-24(30)22(14-32-25(20)21)17-5-7-19(31-4)8-6-17/h5-10,14,18,29H,11-13,15-16H2,1-4H3/t18-,27+/m1/s1. The summed E-state index contributed by atoms with van der Waals surface area (Å²) in [5, 5.41) is 11.2. The molecule has 2 fully saturated rings. The first kappa shape index (κ1) is 21.1. The molecular weight excluding hydrogens is 402 g/mol. The van der Waals surface area contributed by atoms with E-state index in [4.69, 9.17) is 9.15 Å². The van der Waals surface area contributed by atoms with E-state index in [1.54, 1.807) is 19.2 Å². The Morgan fingerprint density at radius 2 is 1.88 bits per heavy atom. The molecule has 1 saturated carbocycles. The first-order chi connectivity index (χ1) is 15.2. The molecule has 1 saturated heterocycles. The van der Waals surface area contributed by atoms with Gasteiger partial charge in [-0.2, -0.15) is 0 Å². The highest BCUT2D eigenvalue weighted by Crippen LogP contribution is 2.53. The first-order valence-corrected chi connectivity index (χ1v) is 11.3. The quantitative estimate of drug-likeness (QED) is 0.582. The molecule has 0 spiro atoms. The molecule has 5 nitrogen and oxygen atoms in total. The Kier molecular flexibility index (Phi) is 4.86. The number of methoxy groups -OCH3 is 1. The highest BCUT2D eigenvalue weighted by molar-refractivity contribution is 5.85. The molecule has 3 aromatic rings. The second-order valence-electron chi connectivity index (χ2n) is 10.8. The minimum absolute atomic E-state index is 0.0917. The van der Waals surface area contributed by atoms with Gasteiger partial charge < -0.3 is 14.3 Å². The van der Waals surface area contributed by atoms with E-state index in [1.165, 1.54) is 19.1 Å². The smallest absolute Gasteiger partial charge is 0.200 e. The largest absolute Gasteiger partial charge is 0.507 e. The van der Waals surface area contributed by atoms with Crippen LogP contribution in [0.5, 0.6) is 11.5 Å². The highest BCUT2D eigenvalue weighted by atomic mass is 16.5. The summed E-state index contributed by atoms with van der Waals surface area (Å²) in [6.45, 7) is 8.69. The molecule has 2 bridgehead atoms. The summed E-state index contributed by atoms with van der Waals surface area (Å²) in [6, 6.07) is 11.1. The van der Waals surface area contributed by atoms with Crippen LogP contribution in [0.3, 0.4) is 0 Å². The molecule has 1 N–H and O–H groups in total. The van der Waals surface area contributed by atoms with Crippen LogP contribution < -0.4 is 10.2 Å². The van der Waals surface area contributed by atoms with Crippen molar-refractivity contribution in [3.8, 4) is 22.6 Å². The van der Waals surface area contributed by atoms with Crippen LogP contribution in [0.25, 0.3) is 22.1 Å². The number of fused-ring (bicyclic) bond motifs is 3. The SMILES string of the molecule is COc1ccc(-c2coc3c(CN4C[C@@]5(C)C[C@H]4CC(C)(C)C5)c(O)ccc3c2=O)cc1. The van der Waals surface area contributed by atoms with Crippen molar-refractivity contribution < 1.29 is 14.3 Å². The minimum atomic E-state index is -0.0917. The van der Waals surface area contributed by atoms with E-state index in [0.717, 1.165) is 24.3 Å². The number of ether oxygens (including phenoxy) is 1. The average Bonchev–Trinajstić information content (AvgIpc) is 2.98. The molecule has 5 heteroatoms. The molecule has 0 unspecified atom stereocenters. The Bertz CT molecular complexity index is 1230. The summed E-state index contributed by atoms with van der Waals surface area (Å²) in [5.41, 5.74) is 3.00. The number of benzene rings is 2. The Morgan fingerprint density at radius 1 is 1.12 bits per heavy atom. The fourth-order valence-corrected chi connectivity index (χ4v) is 6.33. The summed E-state index contributed by atoms with van der Waals surface area (Å²) in [7, 11) is 1.61. The third-order valence-electron chi connectivity index (χ3n) is 7.31. The van der Waals surface area contributed by atoms with Crippen LogP contribution in [0.2, 0.25) is 0 Å². The molecule has 0 amide bonds. The second kappa shape index (κ2) is 7.38. The van der Waals surface area contributed by atoms with Crippen molar-refractivity contribution in [2.75, 3.05) is 13.7 Å². The van der Waals surface area contributed by atoms with Gasteiger partial charge >= 0.3 is 0 Å². The third kappa shape index (κ3) is 3.58. The molecule has 2 heterocycles. The van der Waals surface area contributed by atoms with Crippen molar-refractivity contribution in [2.24, 2.45) is 10.8 Å². The molecule has 32 heavy (non-hydrogen) atoms. The topological polar surface area (TPSA) is 62.9 Å². The van der Waals surface area contributed by atoms with Gasteiger partial charge in [-0.1, -0.05) is 32.9 Å². The van der Waals surface area contributed by atoms with E-state index in [-0.39, 0.29) is 11.2 Å². The monoisotopic (exact) mass is 433 g/mol. The van der Waals surface area contributed by atoms with Gasteiger partial charge in [-0.3, -0.25) is 9.69 Å². The number of hydrogen-bond acceptors (Lipinski definition) is 5. The molecule has 1 aliphatic carbocycles. The fraction of sp³-hybridized carbons (Fsp3) is 0.444. The summed E-state index contributed by atoms with van der Waals surface area (Å²) < 4.78 is 11.2. The van der Waals surface area contributed by atoms with Gasteiger partial charge in [0.25, 0.3) is 0 Å². The lowest BCUT2D eigenvalue weighted by atomic mass is 9.65. The Morgan fingerprint density at radius 3 is 2.59 bits per heavy atom. The lowest BCUT2D eigenvalue weighted by Crippen LogP contribution is -2.34. The van der Waals surface area contributed by atoms with E-state index >= 15 is 0 Å². The van der Waals surface area contributed by atoms with Crippen LogP contribution in [0.1, 0.15) is 45.6 Å². The molecule has 168 valence electrons. The molecule has 2 aromatic carbocycles. The van der Waals surface area contributed by atoms with Crippen LogP contribution in [0, 0.1) is 10.8 Å². The van der Waals surface area contributed by atoms with Crippen LogP contribution >= 0.6 is 0 Å². The molecule has 2 atom stereocenters. The Hall–Kier alpha value is -2.79. The van der Waals surface area contributed by atoms with Crippen molar-refractivity contribution in [3.63, 3.8) is 0 Å². The number of nitrogens with zero attached hydrogens (tertiary/aromatic N) is 1. The number of phenolic OH excluding ortho intramolecular Hbond substituents is 1. The highest BCUT2D eigenvalue weighted by Gasteiger charge is 2.49. The summed E-state index contributed by atoms with van der Waals surface area (Å²) in [4.78, 5) is 15.8. The van der Waals surface area contributed by atoms with Crippen molar-refractivity contribution in [1.29, 1.82) is 0 Å². The summed E-state index contributed by atoms with van der Waals surface area (Å²) in [5.74, 6) is 0.919. The molecule has 2 aliphatic rings. The van der Waals surface area contributed by atoms with Gasteiger partial charge in [-0.05, 0) is 59.9 Å². The zero-order valence-electron chi connectivity index (χ0n) is 19.3. The van der Waals surface area contributed by atoms with Crippen LogP contribution in [0.15, 0.2) is 51.9 Å². The van der Waals surface area contributed by atoms with Gasteiger partial charge in [0.05, 0.1) is 23.6 Å². The zero-order chi connectivity index (χ0) is 22.7. The molecule has 0 radical (unpaired) electrons. The molecular formula is C27H31NO4. The minimum Gasteiger partial charge on any atom is -0.507 e. The van der Waals surface area contributed by atoms with Gasteiger partial charge in [-0.15, -0.1) is 0 Å². The number of hydrogen-bond donors (Lipinski definition) is 1. The maximum absolute atomic E-state index is 13.3. The van der Waals surface area contributed by atoms with E-state index in [0.29, 0.717) is 45.5 Å². The number of likely N-dealkylation sites (tertiary alicyclic amines) is 1. The van der Waals surface area contributed by atoms with Crippen molar-refractivity contribution in [2.45, 2.75) is 52.6 Å². The fourth-order valence-electron chi connectivity index (χ4n) is 6.33. The third-order valence-corrected chi connectivity index (χ3v) is 7.31. The molecule has 1 aromatic heterocycles. The van der Waals surface area contributed by atoms with Crippen molar-refractivity contribution in [1.82, 2.24) is 4.90 Å². The summed E-state index contributed by atoms with van der Waals surface area (Å²) >= 11 is 0. The van der Waals surface area contributed by atoms with Crippen LogP contribution in [-0.4, -0.2) is 29.7 Å². The lowest BCUT2D eigenvalue weighted by molar-refractivity contribution is 0.126. The van der Waals surface area contributed by atoms with Crippen LogP contribution in [-0.2, 0) is 6.54 Å². The second-order valence-corrected chi connectivity index (χ2v) is 10.8. The van der Waals surface area contributed by atoms with Crippen molar-refractivity contribution >= 4 is 11.0 Å². The maximum Gasteiger partial charge on any atom is 0.200 e. The molecule has 1 aliphatic heterocycles. The van der Waals surface area contributed by atoms with E-state index < -0.39 is 0 Å². The van der Waals surface area contributed by atoms with Crippen molar-refractivity contribution in [3.05, 3.63) is 58.4 Å². The maximum atomic E-state index is 13.3. The van der Waals surface area contributed by atoms with Gasteiger partial charge in [0.15, 0.2) is 0 Å². The van der Waals surface area contributed by atoms with Gasteiger partial charge in [0, 0.05) is 19.1 Å². The number of rotatable bonds is 4. The van der Waals surface area contributed by atoms with Crippen LogP contribution in [0.4, 0.5) is 0 Å². The first-order valence-electron chi connectivity index (χ1n) is 11.3. The zero-order valence-corrected chi connectivity index (χ0v) is 19.3. The van der Waals surface area contributed by atoms with E-state index in [1.807, 2.05) is 24.3 Å². The molecule has 5 rings (SSSR count). The summed E-state index contributed by atoms with van der Waals surface area (Å²) in [6.07, 6.45) is 5.07. The average molecular weight is 434 g/mol. The Balaban J connectivity index is 1.52. The van der Waals surface area contributed by atoms with Gasteiger partial charge in [-0.25, -0.2) is 0 Å². The predicted octanol–water partition coefficient (Wildman–Crippen LogP) is 5.57.